The van der Waals surface area contributed by atoms with Crippen LogP contribution in [0.5, 0.6) is 0 Å². The number of nitrogens with one attached hydrogen (secondary N) is 1. The Hall–Kier alpha value is -0.870. The summed E-state index contributed by atoms with van der Waals surface area (Å²) >= 11 is 0. The SMILES string of the molecule is C=CCC1(O)CNC(C(=O)O)C1. The van der Waals surface area contributed by atoms with Crippen LogP contribution in [0, 0.1) is 0 Å². The number of carboxylic acid groups (broad SMARTS) is 1. The number of carboxylic acids is 1. The molecule has 0 spiro atoms. The molecule has 68 valence electrons. The van der Waals surface area contributed by atoms with Crippen molar-refractivity contribution in [2.45, 2.75) is 24.5 Å². The summed E-state index contributed by atoms with van der Waals surface area (Å²) in [5.74, 6) is -0.907. The summed E-state index contributed by atoms with van der Waals surface area (Å²) in [7, 11) is 0. The maximum atomic E-state index is 10.5. The highest BCUT2D eigenvalue weighted by Crippen LogP contribution is 2.23. The van der Waals surface area contributed by atoms with Gasteiger partial charge in [-0.1, -0.05) is 6.08 Å². The number of β-amino-alcohol motifs (C(OH)–C–C–N with tert-alkyl or cyclic N) is 1. The highest BCUT2D eigenvalue weighted by molar-refractivity contribution is 5.74. The Morgan fingerprint density at radius 2 is 2.50 bits per heavy atom. The summed E-state index contributed by atoms with van der Waals surface area (Å²) in [4.78, 5) is 10.5. The van der Waals surface area contributed by atoms with Gasteiger partial charge in [-0.05, 0) is 6.42 Å². The molecule has 0 amide bonds. The van der Waals surface area contributed by atoms with E-state index in [9.17, 15) is 9.90 Å². The van der Waals surface area contributed by atoms with E-state index in [1.54, 1.807) is 6.08 Å². The third-order valence-electron chi connectivity index (χ3n) is 2.08. The molecule has 4 nitrogen and oxygen atoms in total. The van der Waals surface area contributed by atoms with E-state index < -0.39 is 17.6 Å². The quantitative estimate of drug-likeness (QED) is 0.512. The molecule has 0 bridgehead atoms. The minimum absolute atomic E-state index is 0.258. The van der Waals surface area contributed by atoms with E-state index in [1.807, 2.05) is 0 Å². The largest absolute Gasteiger partial charge is 0.480 e. The molecule has 1 rings (SSSR count). The first kappa shape index (κ1) is 9.22. The Kier molecular flexibility index (Phi) is 2.49. The lowest BCUT2D eigenvalue weighted by molar-refractivity contribution is -0.139. The Morgan fingerprint density at radius 1 is 1.83 bits per heavy atom. The molecule has 2 unspecified atom stereocenters. The molecule has 0 aromatic rings. The summed E-state index contributed by atoms with van der Waals surface area (Å²) in [6, 6.07) is -0.616. The molecule has 4 heteroatoms. The Morgan fingerprint density at radius 3 is 2.92 bits per heavy atom. The zero-order valence-corrected chi connectivity index (χ0v) is 6.79. The van der Waals surface area contributed by atoms with Gasteiger partial charge in [0.25, 0.3) is 0 Å². The van der Waals surface area contributed by atoms with Crippen molar-refractivity contribution >= 4 is 5.97 Å². The molecule has 0 aliphatic carbocycles. The lowest BCUT2D eigenvalue weighted by Crippen LogP contribution is -2.30. The van der Waals surface area contributed by atoms with Crippen molar-refractivity contribution in [3.8, 4) is 0 Å². The Bertz CT molecular complexity index is 204. The maximum Gasteiger partial charge on any atom is 0.320 e. The van der Waals surface area contributed by atoms with E-state index in [0.717, 1.165) is 0 Å². The molecule has 1 fully saturated rings. The number of aliphatic carboxylic acids is 1. The Balaban J connectivity index is 2.54. The molecule has 1 aliphatic heterocycles. The zero-order chi connectivity index (χ0) is 9.19. The van der Waals surface area contributed by atoms with Gasteiger partial charge in [0.2, 0.25) is 0 Å². The second-order valence-electron chi connectivity index (χ2n) is 3.19. The first-order valence-electron chi connectivity index (χ1n) is 3.87. The zero-order valence-electron chi connectivity index (χ0n) is 6.79. The van der Waals surface area contributed by atoms with Crippen molar-refractivity contribution in [1.82, 2.24) is 5.32 Å². The van der Waals surface area contributed by atoms with Crippen LogP contribution in [-0.2, 0) is 4.79 Å². The fourth-order valence-electron chi connectivity index (χ4n) is 1.44. The first-order valence-corrected chi connectivity index (χ1v) is 3.87. The lowest BCUT2D eigenvalue weighted by Gasteiger charge is -2.18. The van der Waals surface area contributed by atoms with Crippen molar-refractivity contribution in [3.05, 3.63) is 12.7 Å². The number of rotatable bonds is 3. The fraction of sp³-hybridized carbons (Fsp3) is 0.625. The molecular weight excluding hydrogens is 158 g/mol. The summed E-state index contributed by atoms with van der Waals surface area (Å²) in [6.07, 6.45) is 2.30. The molecule has 1 saturated heterocycles. The van der Waals surface area contributed by atoms with Gasteiger partial charge in [-0.3, -0.25) is 4.79 Å². The van der Waals surface area contributed by atoms with E-state index >= 15 is 0 Å². The van der Waals surface area contributed by atoms with Crippen LogP contribution in [0.15, 0.2) is 12.7 Å². The van der Waals surface area contributed by atoms with Gasteiger partial charge in [-0.2, -0.15) is 0 Å². The van der Waals surface area contributed by atoms with Crippen molar-refractivity contribution in [1.29, 1.82) is 0 Å². The van der Waals surface area contributed by atoms with Crippen LogP contribution in [0.3, 0.4) is 0 Å². The van der Waals surface area contributed by atoms with Gasteiger partial charge in [0, 0.05) is 13.0 Å². The fourth-order valence-corrected chi connectivity index (χ4v) is 1.44. The number of aliphatic hydroxyl groups is 1. The van der Waals surface area contributed by atoms with Crippen LogP contribution in [0.1, 0.15) is 12.8 Å². The monoisotopic (exact) mass is 171 g/mol. The summed E-state index contributed by atoms with van der Waals surface area (Å²) in [5, 5.41) is 21.1. The molecule has 3 N–H and O–H groups in total. The number of carbonyl (C=O) groups is 1. The normalized spacial score (nSPS) is 34.9. The van der Waals surface area contributed by atoms with Crippen LogP contribution in [0.2, 0.25) is 0 Å². The van der Waals surface area contributed by atoms with Crippen LogP contribution in [-0.4, -0.2) is 34.4 Å². The van der Waals surface area contributed by atoms with Gasteiger partial charge >= 0.3 is 5.97 Å². The van der Waals surface area contributed by atoms with E-state index in [4.69, 9.17) is 5.11 Å². The van der Waals surface area contributed by atoms with Crippen LogP contribution >= 0.6 is 0 Å². The second kappa shape index (κ2) is 3.25. The third-order valence-corrected chi connectivity index (χ3v) is 2.08. The highest BCUT2D eigenvalue weighted by atomic mass is 16.4. The number of hydrogen-bond acceptors (Lipinski definition) is 3. The smallest absolute Gasteiger partial charge is 0.320 e. The molecule has 2 atom stereocenters. The van der Waals surface area contributed by atoms with Crippen molar-refractivity contribution in [2.24, 2.45) is 0 Å². The first-order chi connectivity index (χ1) is 5.57. The van der Waals surface area contributed by atoms with Crippen LogP contribution in [0.4, 0.5) is 0 Å². The third kappa shape index (κ3) is 1.84. The van der Waals surface area contributed by atoms with Crippen molar-refractivity contribution < 1.29 is 15.0 Å². The minimum atomic E-state index is -0.912. The average molecular weight is 171 g/mol. The second-order valence-corrected chi connectivity index (χ2v) is 3.19. The van der Waals surface area contributed by atoms with Crippen LogP contribution < -0.4 is 5.32 Å². The van der Waals surface area contributed by atoms with Gasteiger partial charge in [-0.25, -0.2) is 0 Å². The van der Waals surface area contributed by atoms with Gasteiger partial charge < -0.3 is 15.5 Å². The van der Waals surface area contributed by atoms with Crippen molar-refractivity contribution in [3.63, 3.8) is 0 Å². The lowest BCUT2D eigenvalue weighted by atomic mass is 9.96. The maximum absolute atomic E-state index is 10.5. The molecular formula is C8H13NO3. The van der Waals surface area contributed by atoms with Gasteiger partial charge in [0.15, 0.2) is 0 Å². The topological polar surface area (TPSA) is 69.6 Å². The minimum Gasteiger partial charge on any atom is -0.480 e. The predicted molar refractivity (Wildman–Crippen MR) is 43.8 cm³/mol. The molecule has 1 aliphatic rings. The Labute approximate surface area is 70.9 Å². The summed E-state index contributed by atoms with van der Waals surface area (Å²) in [6.45, 7) is 3.83. The highest BCUT2D eigenvalue weighted by Gasteiger charge is 2.39. The molecule has 0 saturated carbocycles. The molecule has 12 heavy (non-hydrogen) atoms. The number of hydrogen-bond donors (Lipinski definition) is 3. The standard InChI is InChI=1S/C8H13NO3/c1-2-3-8(12)4-6(7(10)11)9-5-8/h2,6,9,12H,1,3-5H2,(H,10,11). The van der Waals surface area contributed by atoms with Crippen LogP contribution in [0.25, 0.3) is 0 Å². The molecule has 0 aromatic heterocycles. The van der Waals surface area contributed by atoms with E-state index in [-0.39, 0.29) is 6.42 Å². The summed E-state index contributed by atoms with van der Waals surface area (Å²) in [5.41, 5.74) is -0.912. The van der Waals surface area contributed by atoms with E-state index in [2.05, 4.69) is 11.9 Å². The molecule has 0 aromatic carbocycles. The average Bonchev–Trinajstić information content (AvgIpc) is 2.33. The van der Waals surface area contributed by atoms with E-state index in [1.165, 1.54) is 0 Å². The molecule has 1 heterocycles. The van der Waals surface area contributed by atoms with Gasteiger partial charge in [0.1, 0.15) is 6.04 Å². The molecule has 0 radical (unpaired) electrons. The van der Waals surface area contributed by atoms with Gasteiger partial charge in [-0.15, -0.1) is 6.58 Å². The predicted octanol–water partition coefficient (Wildman–Crippen LogP) is -0.260. The summed E-state index contributed by atoms with van der Waals surface area (Å²) < 4.78 is 0. The van der Waals surface area contributed by atoms with Gasteiger partial charge in [0.05, 0.1) is 5.60 Å². The van der Waals surface area contributed by atoms with Crippen molar-refractivity contribution in [2.75, 3.05) is 6.54 Å². The van der Waals surface area contributed by atoms with E-state index in [0.29, 0.717) is 13.0 Å².